The van der Waals surface area contributed by atoms with Crippen LogP contribution >= 0.6 is 0 Å². The van der Waals surface area contributed by atoms with E-state index in [1.165, 1.54) is 212 Å². The van der Waals surface area contributed by atoms with Gasteiger partial charge in [-0.25, -0.2) is 0 Å². The topological polar surface area (TPSA) is 78.9 Å². The van der Waals surface area contributed by atoms with Crippen LogP contribution in [0.4, 0.5) is 0 Å². The second-order valence-corrected chi connectivity index (χ2v) is 20.9. The van der Waals surface area contributed by atoms with Gasteiger partial charge in [0.15, 0.2) is 6.10 Å². The van der Waals surface area contributed by atoms with Crippen LogP contribution in [0.3, 0.4) is 0 Å². The summed E-state index contributed by atoms with van der Waals surface area (Å²) in [6, 6.07) is 0. The summed E-state index contributed by atoms with van der Waals surface area (Å²) in [4.78, 5) is 38.1. The number of hydrogen-bond acceptors (Lipinski definition) is 6. The number of unbranched alkanes of at least 4 members (excludes halogenated alkanes) is 37. The van der Waals surface area contributed by atoms with Gasteiger partial charge in [0.05, 0.1) is 0 Å². The highest BCUT2D eigenvalue weighted by Crippen LogP contribution is 2.18. The molecule has 0 N–H and O–H groups in total. The zero-order chi connectivity index (χ0) is 46.8. The van der Waals surface area contributed by atoms with Gasteiger partial charge in [-0.15, -0.1) is 0 Å². The normalized spacial score (nSPS) is 12.0. The van der Waals surface area contributed by atoms with Crippen LogP contribution in [-0.4, -0.2) is 37.2 Å². The van der Waals surface area contributed by atoms with Gasteiger partial charge in [0.1, 0.15) is 13.2 Å². The van der Waals surface area contributed by atoms with E-state index in [1.807, 2.05) is 0 Å². The smallest absolute Gasteiger partial charge is 0.306 e. The third-order valence-corrected chi connectivity index (χ3v) is 13.2. The Morgan fingerprint density at radius 3 is 0.766 bits per heavy atom. The van der Waals surface area contributed by atoms with E-state index in [2.05, 4.69) is 34.6 Å². The minimum Gasteiger partial charge on any atom is -0.462 e. The van der Waals surface area contributed by atoms with Crippen LogP contribution in [0, 0.1) is 11.8 Å². The summed E-state index contributed by atoms with van der Waals surface area (Å²) in [5, 5.41) is 0. The Morgan fingerprint density at radius 2 is 0.516 bits per heavy atom. The molecule has 1 atom stereocenters. The molecule has 0 amide bonds. The number of rotatable bonds is 52. The maximum atomic E-state index is 12.8. The molecule has 64 heavy (non-hydrogen) atoms. The molecule has 0 heterocycles. The van der Waals surface area contributed by atoms with Crippen molar-refractivity contribution in [3.8, 4) is 0 Å². The first-order valence-electron chi connectivity index (χ1n) is 28.7. The Kier molecular flexibility index (Phi) is 49.6. The van der Waals surface area contributed by atoms with Gasteiger partial charge >= 0.3 is 17.9 Å². The van der Waals surface area contributed by atoms with Crippen molar-refractivity contribution in [1.82, 2.24) is 0 Å². The minimum absolute atomic E-state index is 0.0629. The summed E-state index contributed by atoms with van der Waals surface area (Å²) in [6.07, 6.45) is 53.8. The first kappa shape index (κ1) is 62.4. The molecule has 0 unspecified atom stereocenters. The Bertz CT molecular complexity index is 978. The van der Waals surface area contributed by atoms with Gasteiger partial charge < -0.3 is 14.2 Å². The number of carbonyl (C=O) groups excluding carboxylic acids is 3. The lowest BCUT2D eigenvalue weighted by Gasteiger charge is -2.18. The quantitative estimate of drug-likeness (QED) is 0.0344. The second kappa shape index (κ2) is 50.8. The maximum Gasteiger partial charge on any atom is 0.306 e. The molecular weight excluding hydrogens is 793 g/mol. The van der Waals surface area contributed by atoms with Crippen molar-refractivity contribution in [1.29, 1.82) is 0 Å². The molecular formula is C58H112O6. The average molecular weight is 906 g/mol. The van der Waals surface area contributed by atoms with E-state index in [0.717, 1.165) is 69.6 Å². The van der Waals surface area contributed by atoms with Gasteiger partial charge in [0.25, 0.3) is 0 Å². The fraction of sp³-hybridized carbons (Fsp3) is 0.948. The highest BCUT2D eigenvalue weighted by molar-refractivity contribution is 5.71. The Morgan fingerprint density at radius 1 is 0.297 bits per heavy atom. The molecule has 6 nitrogen and oxygen atoms in total. The Hall–Kier alpha value is -1.59. The van der Waals surface area contributed by atoms with Crippen LogP contribution in [0.25, 0.3) is 0 Å². The number of ether oxygens (including phenoxy) is 3. The van der Waals surface area contributed by atoms with Crippen molar-refractivity contribution in [3.63, 3.8) is 0 Å². The molecule has 0 saturated heterocycles. The molecule has 0 aromatic heterocycles. The van der Waals surface area contributed by atoms with Crippen molar-refractivity contribution >= 4 is 17.9 Å². The molecule has 0 bridgehead atoms. The van der Waals surface area contributed by atoms with Gasteiger partial charge in [0.2, 0.25) is 0 Å². The second-order valence-electron chi connectivity index (χ2n) is 20.9. The van der Waals surface area contributed by atoms with Crippen LogP contribution in [-0.2, 0) is 28.6 Å². The molecule has 0 aliphatic rings. The van der Waals surface area contributed by atoms with Gasteiger partial charge in [-0.2, -0.15) is 0 Å². The maximum absolute atomic E-state index is 12.8. The standard InChI is InChI=1S/C58H112O6/c1-6-7-8-9-10-11-12-13-14-15-16-17-24-30-35-40-45-50-58(61)64-55(52-63-57(60)49-44-39-34-29-25-20-22-27-32-37-42-47-54(4)5)51-62-56(59)48-43-38-33-28-23-19-18-21-26-31-36-41-46-53(2)3/h53-55H,6-52H2,1-5H3/t55-/m1/s1. The lowest BCUT2D eigenvalue weighted by molar-refractivity contribution is -0.167. The fourth-order valence-corrected chi connectivity index (χ4v) is 8.87. The molecule has 6 heteroatoms. The molecule has 0 saturated carbocycles. The van der Waals surface area contributed by atoms with Gasteiger partial charge in [-0.1, -0.05) is 285 Å². The molecule has 0 aromatic carbocycles. The lowest BCUT2D eigenvalue weighted by Crippen LogP contribution is -2.30. The highest BCUT2D eigenvalue weighted by Gasteiger charge is 2.19. The lowest BCUT2D eigenvalue weighted by atomic mass is 10.0. The summed E-state index contributed by atoms with van der Waals surface area (Å²) in [7, 11) is 0. The summed E-state index contributed by atoms with van der Waals surface area (Å²) in [5.41, 5.74) is 0. The third kappa shape index (κ3) is 51.4. The van der Waals surface area contributed by atoms with Crippen molar-refractivity contribution in [2.45, 2.75) is 330 Å². The van der Waals surface area contributed by atoms with Gasteiger partial charge in [0, 0.05) is 19.3 Å². The summed E-state index contributed by atoms with van der Waals surface area (Å²) in [5.74, 6) is 0.821. The summed E-state index contributed by atoms with van der Waals surface area (Å²) in [6.45, 7) is 11.4. The fourth-order valence-electron chi connectivity index (χ4n) is 8.87. The van der Waals surface area contributed by atoms with Crippen LogP contribution < -0.4 is 0 Å². The monoisotopic (exact) mass is 905 g/mol. The van der Waals surface area contributed by atoms with E-state index in [0.29, 0.717) is 19.3 Å². The van der Waals surface area contributed by atoms with Crippen molar-refractivity contribution in [2.75, 3.05) is 13.2 Å². The van der Waals surface area contributed by atoms with Crippen LogP contribution in [0.15, 0.2) is 0 Å². The predicted octanol–water partition coefficient (Wildman–Crippen LogP) is 18.9. The highest BCUT2D eigenvalue weighted by atomic mass is 16.6. The molecule has 0 fully saturated rings. The number of esters is 3. The largest absolute Gasteiger partial charge is 0.462 e. The van der Waals surface area contributed by atoms with E-state index in [-0.39, 0.29) is 31.1 Å². The first-order valence-corrected chi connectivity index (χ1v) is 28.7. The zero-order valence-corrected chi connectivity index (χ0v) is 43.9. The average Bonchev–Trinajstić information content (AvgIpc) is 3.27. The predicted molar refractivity (Wildman–Crippen MR) is 275 cm³/mol. The molecule has 0 spiro atoms. The third-order valence-electron chi connectivity index (χ3n) is 13.2. The molecule has 0 rings (SSSR count). The summed E-state index contributed by atoms with van der Waals surface area (Å²) >= 11 is 0. The van der Waals surface area contributed by atoms with Gasteiger partial charge in [-0.05, 0) is 31.1 Å². The van der Waals surface area contributed by atoms with E-state index in [1.54, 1.807) is 0 Å². The molecule has 0 aliphatic heterocycles. The molecule has 380 valence electrons. The summed E-state index contributed by atoms with van der Waals surface area (Å²) < 4.78 is 16.9. The van der Waals surface area contributed by atoms with Crippen molar-refractivity contribution < 1.29 is 28.6 Å². The number of hydrogen-bond donors (Lipinski definition) is 0. The SMILES string of the molecule is CCCCCCCCCCCCCCCCCCCC(=O)O[C@H](COC(=O)CCCCCCCCCCCCCCC(C)C)COC(=O)CCCCCCCCCCCCCC(C)C. The van der Waals surface area contributed by atoms with Crippen LogP contribution in [0.2, 0.25) is 0 Å². The van der Waals surface area contributed by atoms with Crippen LogP contribution in [0.5, 0.6) is 0 Å². The first-order chi connectivity index (χ1) is 31.2. The molecule has 0 aromatic rings. The van der Waals surface area contributed by atoms with E-state index < -0.39 is 6.10 Å². The van der Waals surface area contributed by atoms with Crippen molar-refractivity contribution in [3.05, 3.63) is 0 Å². The van der Waals surface area contributed by atoms with Crippen LogP contribution in [0.1, 0.15) is 324 Å². The minimum atomic E-state index is -0.763. The number of carbonyl (C=O) groups is 3. The molecule has 0 aliphatic carbocycles. The van der Waals surface area contributed by atoms with E-state index in [4.69, 9.17) is 14.2 Å². The van der Waals surface area contributed by atoms with Gasteiger partial charge in [-0.3, -0.25) is 14.4 Å². The molecule has 0 radical (unpaired) electrons. The zero-order valence-electron chi connectivity index (χ0n) is 43.9. The van der Waals surface area contributed by atoms with E-state index >= 15 is 0 Å². The Labute approximate surface area is 399 Å². The van der Waals surface area contributed by atoms with Crippen molar-refractivity contribution in [2.24, 2.45) is 11.8 Å². The Balaban J connectivity index is 4.30. The van der Waals surface area contributed by atoms with E-state index in [9.17, 15) is 14.4 Å².